The van der Waals surface area contributed by atoms with Gasteiger partial charge in [0.2, 0.25) is 0 Å². The number of nitrogens with one attached hydrogen (secondary N) is 1. The average Bonchev–Trinajstić information content (AvgIpc) is 3.03. The van der Waals surface area contributed by atoms with Crippen LogP contribution in [0.1, 0.15) is 5.56 Å². The van der Waals surface area contributed by atoms with Crippen LogP contribution in [0.5, 0.6) is 0 Å². The first kappa shape index (κ1) is 14.2. The lowest BCUT2D eigenvalue weighted by atomic mass is 10.2. The third kappa shape index (κ3) is 3.46. The highest BCUT2D eigenvalue weighted by Crippen LogP contribution is 2.22. The summed E-state index contributed by atoms with van der Waals surface area (Å²) in [5.74, 6) is 0. The van der Waals surface area contributed by atoms with Crippen LogP contribution in [0.15, 0.2) is 65.4 Å². The molecule has 2 aromatic carbocycles. The van der Waals surface area contributed by atoms with Crippen molar-refractivity contribution >= 4 is 33.2 Å². The minimum absolute atomic E-state index is 0.667. The number of benzene rings is 2. The molecule has 0 unspecified atom stereocenters. The molecule has 0 saturated heterocycles. The topological polar surface area (TPSA) is 29.9 Å². The van der Waals surface area contributed by atoms with E-state index >= 15 is 0 Å². The first-order valence-electron chi connectivity index (χ1n) is 6.50. The van der Waals surface area contributed by atoms with Crippen LogP contribution < -0.4 is 5.32 Å². The van der Waals surface area contributed by atoms with Crippen molar-refractivity contribution in [2.24, 2.45) is 0 Å². The van der Waals surface area contributed by atoms with E-state index in [1.807, 2.05) is 53.3 Å². The van der Waals surface area contributed by atoms with Crippen LogP contribution in [0, 0.1) is 0 Å². The number of rotatable bonds is 4. The Bertz CT molecular complexity index is 741. The SMILES string of the molecule is Clc1ccc(Br)cc1CNc1cccc(-n2cccn2)c1. The van der Waals surface area contributed by atoms with Crippen LogP contribution in [0.4, 0.5) is 5.69 Å². The van der Waals surface area contributed by atoms with E-state index in [-0.39, 0.29) is 0 Å². The molecule has 0 spiro atoms. The van der Waals surface area contributed by atoms with Gasteiger partial charge in [0.25, 0.3) is 0 Å². The Balaban J connectivity index is 1.76. The number of hydrogen-bond acceptors (Lipinski definition) is 2. The van der Waals surface area contributed by atoms with E-state index in [9.17, 15) is 0 Å². The summed E-state index contributed by atoms with van der Waals surface area (Å²) in [6, 6.07) is 15.9. The van der Waals surface area contributed by atoms with Crippen LogP contribution in [0.3, 0.4) is 0 Å². The second-order valence-corrected chi connectivity index (χ2v) is 5.91. The van der Waals surface area contributed by atoms with E-state index in [4.69, 9.17) is 11.6 Å². The van der Waals surface area contributed by atoms with Gasteiger partial charge in [-0.3, -0.25) is 0 Å². The molecule has 0 bridgehead atoms. The van der Waals surface area contributed by atoms with Gasteiger partial charge < -0.3 is 5.32 Å². The summed E-state index contributed by atoms with van der Waals surface area (Å²) in [5, 5.41) is 8.38. The quantitative estimate of drug-likeness (QED) is 0.715. The zero-order valence-electron chi connectivity index (χ0n) is 11.1. The third-order valence-corrected chi connectivity index (χ3v) is 3.97. The smallest absolute Gasteiger partial charge is 0.0666 e. The minimum atomic E-state index is 0.667. The van der Waals surface area contributed by atoms with Crippen LogP contribution in [0.25, 0.3) is 5.69 Å². The van der Waals surface area contributed by atoms with E-state index in [0.717, 1.165) is 26.4 Å². The Hall–Kier alpha value is -1.78. The summed E-state index contributed by atoms with van der Waals surface area (Å²) >= 11 is 9.66. The van der Waals surface area contributed by atoms with Crippen molar-refractivity contribution < 1.29 is 0 Å². The molecule has 1 heterocycles. The molecule has 0 amide bonds. The van der Waals surface area contributed by atoms with Gasteiger partial charge in [-0.15, -0.1) is 0 Å². The van der Waals surface area contributed by atoms with Gasteiger partial charge in [0.15, 0.2) is 0 Å². The van der Waals surface area contributed by atoms with Gasteiger partial charge in [-0.1, -0.05) is 33.6 Å². The van der Waals surface area contributed by atoms with E-state index in [0.29, 0.717) is 6.54 Å². The molecule has 0 radical (unpaired) electrons. The lowest BCUT2D eigenvalue weighted by Crippen LogP contribution is -2.01. The fourth-order valence-corrected chi connectivity index (χ4v) is 2.65. The minimum Gasteiger partial charge on any atom is -0.381 e. The maximum Gasteiger partial charge on any atom is 0.0666 e. The molecule has 5 heteroatoms. The molecule has 0 aliphatic rings. The standard InChI is InChI=1S/C16H13BrClN3/c17-13-5-6-16(18)12(9-13)11-19-14-3-1-4-15(10-14)21-8-2-7-20-21/h1-10,19H,11H2. The van der Waals surface area contributed by atoms with E-state index in [1.54, 1.807) is 6.20 Å². The molecule has 106 valence electrons. The summed E-state index contributed by atoms with van der Waals surface area (Å²) in [7, 11) is 0. The number of nitrogens with zero attached hydrogens (tertiary/aromatic N) is 2. The van der Waals surface area contributed by atoms with Gasteiger partial charge in [0.05, 0.1) is 5.69 Å². The van der Waals surface area contributed by atoms with Crippen molar-refractivity contribution in [2.75, 3.05) is 5.32 Å². The number of aromatic nitrogens is 2. The molecule has 1 N–H and O–H groups in total. The van der Waals surface area contributed by atoms with E-state index in [2.05, 4.69) is 32.4 Å². The molecular weight excluding hydrogens is 350 g/mol. The summed E-state index contributed by atoms with van der Waals surface area (Å²) < 4.78 is 2.85. The van der Waals surface area contributed by atoms with Crippen LogP contribution in [-0.2, 0) is 6.54 Å². The van der Waals surface area contributed by atoms with Gasteiger partial charge in [-0.2, -0.15) is 5.10 Å². The zero-order chi connectivity index (χ0) is 14.7. The molecule has 3 aromatic rings. The van der Waals surface area contributed by atoms with Gasteiger partial charge in [0, 0.05) is 34.1 Å². The van der Waals surface area contributed by atoms with Gasteiger partial charge in [-0.05, 0) is 48.0 Å². The number of halogens is 2. The fraction of sp³-hybridized carbons (Fsp3) is 0.0625. The van der Waals surface area contributed by atoms with Crippen molar-refractivity contribution in [3.8, 4) is 5.69 Å². The third-order valence-electron chi connectivity index (χ3n) is 3.11. The first-order chi connectivity index (χ1) is 10.2. The van der Waals surface area contributed by atoms with Gasteiger partial charge in [-0.25, -0.2) is 4.68 Å². The first-order valence-corrected chi connectivity index (χ1v) is 7.67. The van der Waals surface area contributed by atoms with Crippen LogP contribution in [-0.4, -0.2) is 9.78 Å². The number of hydrogen-bond donors (Lipinski definition) is 1. The van der Waals surface area contributed by atoms with Crippen LogP contribution in [0.2, 0.25) is 5.02 Å². The highest BCUT2D eigenvalue weighted by molar-refractivity contribution is 9.10. The molecule has 0 aliphatic carbocycles. The van der Waals surface area contributed by atoms with E-state index in [1.165, 1.54) is 0 Å². The Morgan fingerprint density at radius 2 is 2.05 bits per heavy atom. The van der Waals surface area contributed by atoms with Crippen molar-refractivity contribution in [1.82, 2.24) is 9.78 Å². The molecule has 3 rings (SSSR count). The van der Waals surface area contributed by atoms with Gasteiger partial charge >= 0.3 is 0 Å². The molecule has 3 nitrogen and oxygen atoms in total. The Morgan fingerprint density at radius 3 is 2.86 bits per heavy atom. The predicted octanol–water partition coefficient (Wildman–Crippen LogP) is 4.90. The molecular formula is C16H13BrClN3. The van der Waals surface area contributed by atoms with Crippen molar-refractivity contribution in [3.05, 3.63) is 76.0 Å². The van der Waals surface area contributed by atoms with Crippen LogP contribution >= 0.6 is 27.5 Å². The van der Waals surface area contributed by atoms with Gasteiger partial charge in [0.1, 0.15) is 0 Å². The summed E-state index contributed by atoms with van der Waals surface area (Å²) in [4.78, 5) is 0. The van der Waals surface area contributed by atoms with Crippen molar-refractivity contribution in [3.63, 3.8) is 0 Å². The average molecular weight is 363 g/mol. The monoisotopic (exact) mass is 361 g/mol. The predicted molar refractivity (Wildman–Crippen MR) is 90.0 cm³/mol. The normalized spacial score (nSPS) is 10.6. The number of anilines is 1. The maximum atomic E-state index is 6.20. The second kappa shape index (κ2) is 6.33. The fourth-order valence-electron chi connectivity index (χ4n) is 2.06. The summed E-state index contributed by atoms with van der Waals surface area (Å²) in [5.41, 5.74) is 3.10. The lowest BCUT2D eigenvalue weighted by Gasteiger charge is -2.10. The molecule has 0 atom stereocenters. The summed E-state index contributed by atoms with van der Waals surface area (Å²) in [6.07, 6.45) is 3.69. The highest BCUT2D eigenvalue weighted by atomic mass is 79.9. The Kier molecular flexibility index (Phi) is 4.27. The molecule has 21 heavy (non-hydrogen) atoms. The molecule has 0 saturated carbocycles. The molecule has 0 aliphatic heterocycles. The Morgan fingerprint density at radius 1 is 1.14 bits per heavy atom. The Labute approximate surface area is 136 Å². The maximum absolute atomic E-state index is 6.20. The molecule has 1 aromatic heterocycles. The lowest BCUT2D eigenvalue weighted by molar-refractivity contribution is 0.880. The zero-order valence-corrected chi connectivity index (χ0v) is 13.5. The summed E-state index contributed by atoms with van der Waals surface area (Å²) in [6.45, 7) is 0.667. The largest absolute Gasteiger partial charge is 0.381 e. The molecule has 0 fully saturated rings. The highest BCUT2D eigenvalue weighted by Gasteiger charge is 2.02. The van der Waals surface area contributed by atoms with E-state index < -0.39 is 0 Å². The van der Waals surface area contributed by atoms with Crippen molar-refractivity contribution in [1.29, 1.82) is 0 Å². The second-order valence-electron chi connectivity index (χ2n) is 4.59. The van der Waals surface area contributed by atoms with Crippen molar-refractivity contribution in [2.45, 2.75) is 6.54 Å².